The molecule has 2 aromatic rings. The van der Waals surface area contributed by atoms with E-state index in [1.165, 1.54) is 12.1 Å². The number of allylic oxidation sites excluding steroid dienone is 2. The maximum atomic E-state index is 13.9. The lowest BCUT2D eigenvalue weighted by atomic mass is 9.84. The van der Waals surface area contributed by atoms with Gasteiger partial charge in [-0.25, -0.2) is 5.01 Å². The third-order valence-electron chi connectivity index (χ3n) is 6.71. The summed E-state index contributed by atoms with van der Waals surface area (Å²) in [5.74, 6) is -5.12. The molecule has 188 valence electrons. The van der Waals surface area contributed by atoms with Gasteiger partial charge in [0.15, 0.2) is 4.33 Å². The molecule has 2 bridgehead atoms. The molecule has 1 saturated carbocycles. The monoisotopic (exact) mass is 688 g/mol. The first-order chi connectivity index (χ1) is 16.8. The van der Waals surface area contributed by atoms with Crippen molar-refractivity contribution in [2.75, 3.05) is 0 Å². The number of carbonyl (C=O) groups excluding carboxylic acids is 3. The quantitative estimate of drug-likeness (QED) is 0.254. The van der Waals surface area contributed by atoms with Gasteiger partial charge in [0.1, 0.15) is 9.75 Å². The molecular formula is C23H12BrCl7N2O3. The number of carbonyl (C=O) groups is 3. The van der Waals surface area contributed by atoms with Crippen LogP contribution in [-0.4, -0.2) is 41.8 Å². The van der Waals surface area contributed by atoms with Crippen LogP contribution in [0.15, 0.2) is 63.1 Å². The summed E-state index contributed by atoms with van der Waals surface area (Å²) in [6.45, 7) is -0.152. The number of fused-ring (bicyclic) bond motifs is 5. The highest BCUT2D eigenvalue weighted by Crippen LogP contribution is 2.77. The number of halogens is 8. The molecule has 3 amide bonds. The second-order valence-electron chi connectivity index (χ2n) is 8.54. The number of nitrogens with zero attached hydrogens (tertiary/aromatic N) is 2. The SMILES string of the molecule is O=C(c1ccccc1Cl)N(Cc1ccc(Br)cc1)N1C(=O)[C@H]2[C@H](C1=O)[C@@]1(Cl)C(Cl)=C(Cl)[C@@]2(Cl)C1(Cl)Cl. The van der Waals surface area contributed by atoms with Crippen LogP contribution >= 0.6 is 97.1 Å². The number of hydrogen-bond donors (Lipinski definition) is 0. The summed E-state index contributed by atoms with van der Waals surface area (Å²) in [5, 5.41) is 1.43. The molecule has 5 rings (SSSR count). The normalized spacial score (nSPS) is 30.3. The zero-order chi connectivity index (χ0) is 26.4. The molecule has 2 fully saturated rings. The summed E-state index contributed by atoms with van der Waals surface area (Å²) in [6.07, 6.45) is 0. The average molecular weight is 692 g/mol. The van der Waals surface area contributed by atoms with Crippen LogP contribution in [0.5, 0.6) is 0 Å². The van der Waals surface area contributed by atoms with Gasteiger partial charge in [-0.1, -0.05) is 98.2 Å². The zero-order valence-electron chi connectivity index (χ0n) is 17.6. The summed E-state index contributed by atoms with van der Waals surface area (Å²) in [5.41, 5.74) is 0.704. The van der Waals surface area contributed by atoms with E-state index in [1.54, 1.807) is 36.4 Å². The second-order valence-corrected chi connectivity index (χ2v) is 13.1. The van der Waals surface area contributed by atoms with E-state index >= 15 is 0 Å². The lowest BCUT2D eigenvalue weighted by molar-refractivity contribution is -0.156. The van der Waals surface area contributed by atoms with E-state index in [4.69, 9.17) is 81.2 Å². The fourth-order valence-electron chi connectivity index (χ4n) is 4.99. The Morgan fingerprint density at radius 3 is 1.86 bits per heavy atom. The number of rotatable bonds is 4. The van der Waals surface area contributed by atoms with Gasteiger partial charge < -0.3 is 0 Å². The standard InChI is InChI=1S/C23H12BrCl7N2O3/c24-11-7-5-10(6-8-11)9-32(18(34)12-3-1-2-4-13(12)25)33-19(35)14-15(20(33)36)22(29)17(27)16(26)21(14,28)23(22,30)31/h1-8,14-15H,9H2/t14-,15-,21-,22-/m1/s1. The number of imide groups is 1. The largest absolute Gasteiger partial charge is 0.274 e. The topological polar surface area (TPSA) is 57.7 Å². The minimum atomic E-state index is -2.08. The van der Waals surface area contributed by atoms with Crippen LogP contribution in [0.2, 0.25) is 5.02 Å². The number of benzene rings is 2. The van der Waals surface area contributed by atoms with Gasteiger partial charge in [0, 0.05) is 4.47 Å². The molecular weight excluding hydrogens is 680 g/mol. The molecule has 5 nitrogen and oxygen atoms in total. The third-order valence-corrected chi connectivity index (χ3v) is 11.8. The van der Waals surface area contributed by atoms with Crippen LogP contribution in [0, 0.1) is 11.8 Å². The highest BCUT2D eigenvalue weighted by molar-refractivity contribution is 9.10. The predicted octanol–water partition coefficient (Wildman–Crippen LogP) is 7.11. The lowest BCUT2D eigenvalue weighted by Crippen LogP contribution is -2.55. The van der Waals surface area contributed by atoms with Crippen LogP contribution in [-0.2, 0) is 16.1 Å². The maximum Gasteiger partial charge on any atom is 0.274 e. The van der Waals surface area contributed by atoms with Gasteiger partial charge in [-0.05, 0) is 29.8 Å². The molecule has 0 aromatic heterocycles. The van der Waals surface area contributed by atoms with Gasteiger partial charge >= 0.3 is 0 Å². The lowest BCUT2D eigenvalue weighted by Gasteiger charge is -2.37. The van der Waals surface area contributed by atoms with Gasteiger partial charge in [0.25, 0.3) is 17.7 Å². The Morgan fingerprint density at radius 2 is 1.36 bits per heavy atom. The molecule has 4 atom stereocenters. The van der Waals surface area contributed by atoms with E-state index < -0.39 is 43.6 Å². The number of alkyl halides is 4. The molecule has 3 aliphatic rings. The van der Waals surface area contributed by atoms with Crippen LogP contribution in [0.25, 0.3) is 0 Å². The molecule has 1 heterocycles. The van der Waals surface area contributed by atoms with Crippen molar-refractivity contribution in [3.63, 3.8) is 0 Å². The van der Waals surface area contributed by atoms with Crippen LogP contribution in [0.4, 0.5) is 0 Å². The van der Waals surface area contributed by atoms with Gasteiger partial charge in [-0.3, -0.25) is 14.4 Å². The Morgan fingerprint density at radius 1 is 0.861 bits per heavy atom. The first-order valence-corrected chi connectivity index (χ1v) is 13.7. The molecule has 1 saturated heterocycles. The van der Waals surface area contributed by atoms with Crippen LogP contribution < -0.4 is 0 Å². The maximum absolute atomic E-state index is 13.9. The smallest absolute Gasteiger partial charge is 0.272 e. The Bertz CT molecular complexity index is 1320. The zero-order valence-corrected chi connectivity index (χ0v) is 24.5. The van der Waals surface area contributed by atoms with Crippen molar-refractivity contribution in [2.24, 2.45) is 11.8 Å². The van der Waals surface area contributed by atoms with E-state index in [0.29, 0.717) is 5.56 Å². The van der Waals surface area contributed by atoms with Crippen molar-refractivity contribution in [3.8, 4) is 0 Å². The van der Waals surface area contributed by atoms with E-state index in [9.17, 15) is 14.4 Å². The molecule has 2 aromatic carbocycles. The molecule has 0 radical (unpaired) electrons. The minimum absolute atomic E-state index is 0.0799. The van der Waals surface area contributed by atoms with E-state index in [0.717, 1.165) is 14.5 Å². The van der Waals surface area contributed by atoms with E-state index in [2.05, 4.69) is 15.9 Å². The number of hydrazine groups is 1. The fraction of sp³-hybridized carbons (Fsp3) is 0.261. The Balaban J connectivity index is 1.63. The van der Waals surface area contributed by atoms with Crippen molar-refractivity contribution in [1.82, 2.24) is 10.0 Å². The molecule has 13 heteroatoms. The van der Waals surface area contributed by atoms with Crippen molar-refractivity contribution in [3.05, 3.63) is 79.2 Å². The number of amides is 3. The summed E-state index contributed by atoms with van der Waals surface area (Å²) >= 11 is 49.1. The average Bonchev–Trinajstić information content (AvgIpc) is 3.22. The summed E-state index contributed by atoms with van der Waals surface area (Å²) in [7, 11) is 0. The Kier molecular flexibility index (Phi) is 6.66. The highest BCUT2D eigenvalue weighted by Gasteiger charge is 2.88. The van der Waals surface area contributed by atoms with Gasteiger partial charge in [0.05, 0.1) is 39.0 Å². The van der Waals surface area contributed by atoms with Crippen molar-refractivity contribution in [2.45, 2.75) is 20.6 Å². The molecule has 0 unspecified atom stereocenters. The molecule has 36 heavy (non-hydrogen) atoms. The summed E-state index contributed by atoms with van der Waals surface area (Å²) in [4.78, 5) is 37.5. The van der Waals surface area contributed by atoms with Crippen molar-refractivity contribution in [1.29, 1.82) is 0 Å². The minimum Gasteiger partial charge on any atom is -0.272 e. The first-order valence-electron chi connectivity index (χ1n) is 10.3. The molecule has 0 N–H and O–H groups in total. The molecule has 0 spiro atoms. The van der Waals surface area contributed by atoms with Crippen molar-refractivity contribution < 1.29 is 14.4 Å². The number of hydrogen-bond acceptors (Lipinski definition) is 3. The first kappa shape index (κ1) is 26.9. The van der Waals surface area contributed by atoms with Crippen molar-refractivity contribution >= 4 is 115 Å². The fourth-order valence-corrected chi connectivity index (χ4v) is 8.40. The van der Waals surface area contributed by atoms with E-state index in [1.807, 2.05) is 0 Å². The van der Waals surface area contributed by atoms with Crippen LogP contribution in [0.1, 0.15) is 15.9 Å². The predicted molar refractivity (Wildman–Crippen MR) is 145 cm³/mol. The summed E-state index contributed by atoms with van der Waals surface area (Å²) < 4.78 is -1.27. The van der Waals surface area contributed by atoms with Crippen LogP contribution in [0.3, 0.4) is 0 Å². The second kappa shape index (κ2) is 8.92. The van der Waals surface area contributed by atoms with Gasteiger partial charge in [-0.2, -0.15) is 5.01 Å². The third kappa shape index (κ3) is 3.32. The molecule has 1 aliphatic heterocycles. The van der Waals surface area contributed by atoms with Gasteiger partial charge in [0.2, 0.25) is 0 Å². The Labute approximate surface area is 249 Å². The Hall–Kier alpha value is -0.700. The summed E-state index contributed by atoms with van der Waals surface area (Å²) in [6, 6.07) is 13.3. The molecule has 2 aliphatic carbocycles. The van der Waals surface area contributed by atoms with Gasteiger partial charge in [-0.15, -0.1) is 23.2 Å². The van der Waals surface area contributed by atoms with E-state index in [-0.39, 0.29) is 27.2 Å². The highest BCUT2D eigenvalue weighted by atomic mass is 79.9.